The second-order valence-electron chi connectivity index (χ2n) is 13.0. The molecule has 1 aromatic heterocycles. The van der Waals surface area contributed by atoms with Crippen LogP contribution in [0.25, 0.3) is 22.0 Å². The number of nitrogens with one attached hydrogen (secondary N) is 1. The van der Waals surface area contributed by atoms with Gasteiger partial charge in [0.05, 0.1) is 39.3 Å². The van der Waals surface area contributed by atoms with Crippen LogP contribution in [0.4, 0.5) is 0 Å². The van der Waals surface area contributed by atoms with E-state index in [1.165, 1.54) is 18.8 Å². The lowest BCUT2D eigenvalue weighted by molar-refractivity contribution is -0.125. The van der Waals surface area contributed by atoms with Crippen molar-refractivity contribution in [3.05, 3.63) is 82.1 Å². The van der Waals surface area contributed by atoms with Gasteiger partial charge < -0.3 is 24.3 Å². The van der Waals surface area contributed by atoms with Crippen molar-refractivity contribution >= 4 is 16.8 Å². The number of nitrogens with zero attached hydrogens (tertiary/aromatic N) is 1. The SMILES string of the molecule is COc1ccc(-c2cc(=O)n(C(C(=O)NC(C)(C)CC(C)(C)C)c3ccc(C)cc3)c3cc(OC)c(OC)c(OC)c23)cc1. The summed E-state index contributed by atoms with van der Waals surface area (Å²) in [5, 5.41) is 3.86. The average molecular weight is 601 g/mol. The van der Waals surface area contributed by atoms with E-state index in [1.807, 2.05) is 69.3 Å². The molecule has 4 aromatic rings. The third-order valence-electron chi connectivity index (χ3n) is 7.58. The van der Waals surface area contributed by atoms with Crippen LogP contribution in [0.5, 0.6) is 23.0 Å². The van der Waals surface area contributed by atoms with Crippen LogP contribution in [0.2, 0.25) is 0 Å². The minimum atomic E-state index is -0.988. The van der Waals surface area contributed by atoms with Crippen molar-refractivity contribution in [1.29, 1.82) is 0 Å². The van der Waals surface area contributed by atoms with Gasteiger partial charge in [0.1, 0.15) is 11.8 Å². The highest BCUT2D eigenvalue weighted by Crippen LogP contribution is 2.47. The fourth-order valence-electron chi connectivity index (χ4n) is 6.18. The van der Waals surface area contributed by atoms with Gasteiger partial charge in [-0.3, -0.25) is 14.2 Å². The van der Waals surface area contributed by atoms with E-state index in [0.29, 0.717) is 45.0 Å². The molecule has 0 aliphatic heterocycles. The Morgan fingerprint density at radius 2 is 1.43 bits per heavy atom. The zero-order valence-electron chi connectivity index (χ0n) is 27.5. The molecule has 44 heavy (non-hydrogen) atoms. The molecule has 3 aromatic carbocycles. The molecule has 0 radical (unpaired) electrons. The minimum Gasteiger partial charge on any atom is -0.497 e. The molecular weight excluding hydrogens is 556 g/mol. The summed E-state index contributed by atoms with van der Waals surface area (Å²) in [5.41, 5.74) is 2.65. The van der Waals surface area contributed by atoms with Gasteiger partial charge in [-0.25, -0.2) is 0 Å². The van der Waals surface area contributed by atoms with Gasteiger partial charge in [-0.2, -0.15) is 0 Å². The predicted octanol–water partition coefficient (Wildman–Crippen LogP) is 6.93. The lowest BCUT2D eigenvalue weighted by Crippen LogP contribution is -2.49. The molecule has 8 heteroatoms. The fraction of sp³-hybridized carbons (Fsp3) is 0.389. The van der Waals surface area contributed by atoms with Crippen molar-refractivity contribution in [3.63, 3.8) is 0 Å². The summed E-state index contributed by atoms with van der Waals surface area (Å²) in [4.78, 5) is 28.7. The van der Waals surface area contributed by atoms with E-state index in [9.17, 15) is 9.59 Å². The number of ether oxygens (including phenoxy) is 4. The topological polar surface area (TPSA) is 88.0 Å². The Morgan fingerprint density at radius 3 is 1.95 bits per heavy atom. The van der Waals surface area contributed by atoms with Crippen LogP contribution >= 0.6 is 0 Å². The van der Waals surface area contributed by atoms with Gasteiger partial charge in [-0.15, -0.1) is 0 Å². The number of carbonyl (C=O) groups excluding carboxylic acids is 1. The molecule has 4 rings (SSSR count). The third-order valence-corrected chi connectivity index (χ3v) is 7.58. The van der Waals surface area contributed by atoms with Crippen LogP contribution < -0.4 is 29.8 Å². The van der Waals surface area contributed by atoms with Gasteiger partial charge >= 0.3 is 0 Å². The number of carbonyl (C=O) groups is 1. The summed E-state index contributed by atoms with van der Waals surface area (Å²) in [6.45, 7) is 12.4. The standard InChI is InChI=1S/C36H44N2O6/c1-22-11-13-24(14-12-22)31(34(40)37-36(5,6)21-35(2,3)4)38-27-20-28(42-8)32(43-9)33(44-10)30(27)26(19-29(38)39)23-15-17-25(41-7)18-16-23/h11-20,31H,21H2,1-10H3,(H,37,40). The molecule has 0 aliphatic carbocycles. The van der Waals surface area contributed by atoms with E-state index < -0.39 is 11.6 Å². The van der Waals surface area contributed by atoms with Crippen LogP contribution in [-0.4, -0.2) is 44.5 Å². The van der Waals surface area contributed by atoms with Gasteiger partial charge in [0, 0.05) is 23.2 Å². The largest absolute Gasteiger partial charge is 0.497 e. The van der Waals surface area contributed by atoms with Crippen molar-refractivity contribution in [2.24, 2.45) is 5.41 Å². The molecule has 0 bridgehead atoms. The normalized spacial score (nSPS) is 12.5. The average Bonchev–Trinajstić information content (AvgIpc) is 2.96. The molecule has 1 heterocycles. The van der Waals surface area contributed by atoms with E-state index in [4.69, 9.17) is 18.9 Å². The summed E-state index contributed by atoms with van der Waals surface area (Å²) < 4.78 is 24.3. The van der Waals surface area contributed by atoms with Crippen molar-refractivity contribution in [3.8, 4) is 34.1 Å². The number of benzene rings is 3. The van der Waals surface area contributed by atoms with Crippen molar-refractivity contribution in [2.75, 3.05) is 28.4 Å². The number of hydrogen-bond acceptors (Lipinski definition) is 6. The first-order valence-corrected chi connectivity index (χ1v) is 14.6. The maximum atomic E-state index is 14.4. The number of aromatic nitrogens is 1. The Labute approximate surface area is 259 Å². The monoisotopic (exact) mass is 600 g/mol. The lowest BCUT2D eigenvalue weighted by atomic mass is 9.81. The summed E-state index contributed by atoms with van der Waals surface area (Å²) in [6.07, 6.45) is 0.733. The Balaban J connectivity index is 2.10. The number of pyridine rings is 1. The van der Waals surface area contributed by atoms with Gasteiger partial charge in [-0.05, 0) is 55.9 Å². The number of hydrogen-bond donors (Lipinski definition) is 1. The highest BCUT2D eigenvalue weighted by atomic mass is 16.5. The Morgan fingerprint density at radius 1 is 0.818 bits per heavy atom. The van der Waals surface area contributed by atoms with Gasteiger partial charge in [0.15, 0.2) is 11.5 Å². The van der Waals surface area contributed by atoms with E-state index in [1.54, 1.807) is 26.4 Å². The van der Waals surface area contributed by atoms with Crippen LogP contribution in [-0.2, 0) is 4.79 Å². The van der Waals surface area contributed by atoms with E-state index in [-0.39, 0.29) is 16.9 Å². The summed E-state index contributed by atoms with van der Waals surface area (Å²) in [6, 6.07) is 17.4. The molecule has 234 valence electrons. The molecule has 1 unspecified atom stereocenters. The zero-order valence-corrected chi connectivity index (χ0v) is 27.5. The Kier molecular flexibility index (Phi) is 9.33. The van der Waals surface area contributed by atoms with Crippen LogP contribution in [0.15, 0.2) is 65.5 Å². The van der Waals surface area contributed by atoms with Crippen molar-refractivity contribution < 1.29 is 23.7 Å². The van der Waals surface area contributed by atoms with Crippen LogP contribution in [0.3, 0.4) is 0 Å². The zero-order chi connectivity index (χ0) is 32.4. The maximum absolute atomic E-state index is 14.4. The first-order valence-electron chi connectivity index (χ1n) is 14.6. The summed E-state index contributed by atoms with van der Waals surface area (Å²) in [7, 11) is 6.21. The molecular formula is C36H44N2O6. The number of methoxy groups -OCH3 is 4. The van der Waals surface area contributed by atoms with Crippen molar-refractivity contribution in [1.82, 2.24) is 9.88 Å². The second kappa shape index (κ2) is 12.6. The molecule has 0 saturated carbocycles. The first kappa shape index (κ1) is 32.5. The van der Waals surface area contributed by atoms with Crippen LogP contribution in [0.1, 0.15) is 58.2 Å². The highest BCUT2D eigenvalue weighted by Gasteiger charge is 2.34. The quantitative estimate of drug-likeness (QED) is 0.212. The summed E-state index contributed by atoms with van der Waals surface area (Å²) in [5.74, 6) is 1.53. The smallest absolute Gasteiger partial charge is 0.252 e. The van der Waals surface area contributed by atoms with E-state index in [2.05, 4.69) is 26.1 Å². The molecule has 1 N–H and O–H groups in total. The van der Waals surface area contributed by atoms with Gasteiger partial charge in [-0.1, -0.05) is 62.7 Å². The molecule has 8 nitrogen and oxygen atoms in total. The number of rotatable bonds is 10. The molecule has 0 aliphatic rings. The molecule has 0 fully saturated rings. The van der Waals surface area contributed by atoms with Gasteiger partial charge in [0.2, 0.25) is 11.7 Å². The van der Waals surface area contributed by atoms with Crippen LogP contribution in [0, 0.1) is 12.3 Å². The van der Waals surface area contributed by atoms with Crippen molar-refractivity contribution in [2.45, 2.75) is 59.5 Å². The summed E-state index contributed by atoms with van der Waals surface area (Å²) >= 11 is 0. The Hall–Kier alpha value is -4.46. The molecule has 0 saturated heterocycles. The molecule has 1 atom stereocenters. The number of fused-ring (bicyclic) bond motifs is 1. The first-order chi connectivity index (χ1) is 20.7. The lowest BCUT2D eigenvalue weighted by Gasteiger charge is -2.35. The number of amides is 1. The fourth-order valence-corrected chi connectivity index (χ4v) is 6.18. The number of aryl methyl sites for hydroxylation is 1. The van der Waals surface area contributed by atoms with E-state index in [0.717, 1.165) is 17.5 Å². The third kappa shape index (κ3) is 6.69. The molecule has 1 amide bonds. The predicted molar refractivity (Wildman–Crippen MR) is 175 cm³/mol. The highest BCUT2D eigenvalue weighted by molar-refractivity contribution is 6.03. The molecule has 0 spiro atoms. The van der Waals surface area contributed by atoms with E-state index >= 15 is 0 Å². The maximum Gasteiger partial charge on any atom is 0.252 e. The second-order valence-corrected chi connectivity index (χ2v) is 13.0. The minimum absolute atomic E-state index is 0.0308. The van der Waals surface area contributed by atoms with Gasteiger partial charge in [0.25, 0.3) is 5.56 Å². The Bertz CT molecular complexity index is 1700.